The fourth-order valence-electron chi connectivity index (χ4n) is 5.67. The largest absolute Gasteiger partial charge is 2.00 e. The maximum Gasteiger partial charge on any atom is 2.00 e. The third-order valence-corrected chi connectivity index (χ3v) is 7.84. The van der Waals surface area contributed by atoms with Gasteiger partial charge < -0.3 is 29.3 Å². The van der Waals surface area contributed by atoms with Gasteiger partial charge in [-0.15, -0.1) is 0 Å². The average molecular weight is 628 g/mol. The summed E-state index contributed by atoms with van der Waals surface area (Å²) in [6, 6.07) is 22.9. The molecular formula is C36H34O6Zn. The molecule has 216 valence electrons. The Morgan fingerprint density at radius 2 is 1.00 bits per heavy atom. The van der Waals surface area contributed by atoms with E-state index in [2.05, 4.69) is 13.8 Å². The van der Waals surface area contributed by atoms with Crippen LogP contribution in [-0.4, -0.2) is 11.9 Å². The summed E-state index contributed by atoms with van der Waals surface area (Å²) in [4.78, 5) is 23.2. The quantitative estimate of drug-likeness (QED) is 0.187. The molecule has 2 heterocycles. The minimum absolute atomic E-state index is 0. The number of fused-ring (bicyclic) bond motifs is 4. The summed E-state index contributed by atoms with van der Waals surface area (Å²) in [6.45, 7) is 4.19. The number of carboxylic acid groups (broad SMARTS) is 2. The molecule has 0 aliphatic carbocycles. The van der Waals surface area contributed by atoms with Gasteiger partial charge in [-0.2, -0.15) is 0 Å². The van der Waals surface area contributed by atoms with E-state index in [0.29, 0.717) is 35.5 Å². The molecule has 2 aliphatic heterocycles. The van der Waals surface area contributed by atoms with Gasteiger partial charge in [-0.05, 0) is 72.2 Å². The Hall–Kier alpha value is -3.96. The molecular weight excluding hydrogens is 594 g/mol. The second-order valence-electron chi connectivity index (χ2n) is 10.7. The van der Waals surface area contributed by atoms with E-state index in [9.17, 15) is 19.8 Å². The maximum atomic E-state index is 11.6. The Bertz CT molecular complexity index is 1510. The number of rotatable bonds is 8. The molecule has 0 saturated carbocycles. The summed E-state index contributed by atoms with van der Waals surface area (Å²) in [5.41, 5.74) is 5.83. The minimum Gasteiger partial charge on any atom is -0.545 e. The fourth-order valence-corrected chi connectivity index (χ4v) is 5.67. The van der Waals surface area contributed by atoms with Crippen LogP contribution in [0.5, 0.6) is 23.0 Å². The number of carboxylic acids is 2. The second-order valence-corrected chi connectivity index (χ2v) is 10.7. The Labute approximate surface area is 265 Å². The van der Waals surface area contributed by atoms with E-state index in [0.717, 1.165) is 83.4 Å². The first kappa shape index (κ1) is 32.0. The molecule has 6 rings (SSSR count). The van der Waals surface area contributed by atoms with E-state index in [1.165, 1.54) is 0 Å². The smallest absolute Gasteiger partial charge is 0.545 e. The number of carbonyl (C=O) groups is 2. The van der Waals surface area contributed by atoms with Crippen LogP contribution in [0.1, 0.15) is 93.6 Å². The zero-order chi connectivity index (χ0) is 29.6. The molecule has 0 N–H and O–H groups in total. The summed E-state index contributed by atoms with van der Waals surface area (Å²) in [6.07, 6.45) is 6.67. The first-order chi connectivity index (χ1) is 20.4. The van der Waals surface area contributed by atoms with E-state index >= 15 is 0 Å². The van der Waals surface area contributed by atoms with Gasteiger partial charge in [-0.1, -0.05) is 75.2 Å². The van der Waals surface area contributed by atoms with E-state index in [1.54, 1.807) is 0 Å². The number of aryl methyl sites for hydroxylation is 2. The molecule has 0 fully saturated rings. The number of benzene rings is 4. The van der Waals surface area contributed by atoms with Crippen LogP contribution >= 0.6 is 0 Å². The van der Waals surface area contributed by atoms with Crippen LogP contribution in [0, 0.1) is 0 Å². The first-order valence-electron chi connectivity index (χ1n) is 14.6. The summed E-state index contributed by atoms with van der Waals surface area (Å²) < 4.78 is 11.7. The van der Waals surface area contributed by atoms with Crippen LogP contribution < -0.4 is 19.7 Å². The third kappa shape index (κ3) is 7.00. The molecule has 4 aromatic carbocycles. The molecule has 0 amide bonds. The van der Waals surface area contributed by atoms with Gasteiger partial charge in [0.2, 0.25) is 0 Å². The standard InChI is InChI=1S/2C18H18O3.Zn/c2*1-2-3-6-12-9-10-16-14(17(12)18(19)20)11-13-7-4-5-8-15(13)21-16;/h2*4-5,7-10H,2-3,6,11H2,1H3,(H,19,20);/q;;+2/p-2. The van der Waals surface area contributed by atoms with Gasteiger partial charge in [0, 0.05) is 35.1 Å². The summed E-state index contributed by atoms with van der Waals surface area (Å²) in [7, 11) is 0. The molecule has 0 saturated heterocycles. The molecule has 0 bridgehead atoms. The molecule has 43 heavy (non-hydrogen) atoms. The van der Waals surface area contributed by atoms with Crippen molar-refractivity contribution in [1.29, 1.82) is 0 Å². The van der Waals surface area contributed by atoms with Gasteiger partial charge in [0.15, 0.2) is 0 Å². The van der Waals surface area contributed by atoms with Crippen molar-refractivity contribution >= 4 is 11.9 Å². The number of hydrogen-bond donors (Lipinski definition) is 0. The molecule has 0 atom stereocenters. The van der Waals surface area contributed by atoms with Gasteiger partial charge in [-0.25, -0.2) is 0 Å². The molecule has 0 aromatic heterocycles. The summed E-state index contributed by atoms with van der Waals surface area (Å²) >= 11 is 0. The van der Waals surface area contributed by atoms with Crippen molar-refractivity contribution in [3.63, 3.8) is 0 Å². The van der Waals surface area contributed by atoms with Gasteiger partial charge in [0.05, 0.1) is 11.9 Å². The first-order valence-corrected chi connectivity index (χ1v) is 14.6. The number of aromatic carboxylic acids is 2. The van der Waals surface area contributed by atoms with Crippen molar-refractivity contribution in [3.05, 3.63) is 117 Å². The van der Waals surface area contributed by atoms with Gasteiger partial charge >= 0.3 is 19.5 Å². The number of ether oxygens (including phenoxy) is 2. The SMILES string of the molecule is CCCCc1ccc2c(c1C(=O)[O-])Cc1ccccc1O2.CCCCc1ccc2c(c1C(=O)[O-])Cc1ccccc1O2.[Zn+2]. The van der Waals surface area contributed by atoms with Crippen LogP contribution in [0.15, 0.2) is 72.8 Å². The van der Waals surface area contributed by atoms with E-state index in [1.807, 2.05) is 72.8 Å². The summed E-state index contributed by atoms with van der Waals surface area (Å²) in [5.74, 6) is 0.648. The number of carbonyl (C=O) groups excluding carboxylic acids is 2. The Balaban J connectivity index is 0.000000192. The van der Waals surface area contributed by atoms with Crippen molar-refractivity contribution in [1.82, 2.24) is 0 Å². The Kier molecular flexibility index (Phi) is 10.8. The predicted molar refractivity (Wildman–Crippen MR) is 157 cm³/mol. The third-order valence-electron chi connectivity index (χ3n) is 7.84. The molecule has 7 heteroatoms. The molecule has 2 aliphatic rings. The average Bonchev–Trinajstić information content (AvgIpc) is 3.00. The molecule has 4 aromatic rings. The summed E-state index contributed by atoms with van der Waals surface area (Å²) in [5, 5.41) is 23.2. The van der Waals surface area contributed by atoms with Gasteiger partial charge in [0.25, 0.3) is 0 Å². The fraction of sp³-hybridized carbons (Fsp3) is 0.278. The van der Waals surface area contributed by atoms with Crippen LogP contribution in [-0.2, 0) is 45.2 Å². The van der Waals surface area contributed by atoms with Crippen molar-refractivity contribution in [2.75, 3.05) is 0 Å². The maximum absolute atomic E-state index is 11.6. The van der Waals surface area contributed by atoms with Crippen LogP contribution in [0.3, 0.4) is 0 Å². The topological polar surface area (TPSA) is 98.7 Å². The number of para-hydroxylation sites is 2. The Morgan fingerprint density at radius 1 is 0.605 bits per heavy atom. The molecule has 0 radical (unpaired) electrons. The molecule has 0 spiro atoms. The van der Waals surface area contributed by atoms with Crippen molar-refractivity contribution in [2.24, 2.45) is 0 Å². The van der Waals surface area contributed by atoms with E-state index in [-0.39, 0.29) is 19.5 Å². The number of hydrogen-bond acceptors (Lipinski definition) is 6. The van der Waals surface area contributed by atoms with Gasteiger partial charge in [-0.3, -0.25) is 0 Å². The van der Waals surface area contributed by atoms with Crippen LogP contribution in [0.4, 0.5) is 0 Å². The second kappa shape index (κ2) is 14.5. The molecule has 0 unspecified atom stereocenters. The minimum atomic E-state index is -1.11. The van der Waals surface area contributed by atoms with Crippen molar-refractivity contribution < 1.29 is 48.8 Å². The number of unbranched alkanes of at least 4 members (excludes halogenated alkanes) is 2. The predicted octanol–water partition coefficient (Wildman–Crippen LogP) is 6.18. The van der Waals surface area contributed by atoms with Crippen molar-refractivity contribution in [2.45, 2.75) is 65.2 Å². The van der Waals surface area contributed by atoms with E-state index < -0.39 is 11.9 Å². The van der Waals surface area contributed by atoms with E-state index in [4.69, 9.17) is 9.47 Å². The van der Waals surface area contributed by atoms with Crippen LogP contribution in [0.25, 0.3) is 0 Å². The van der Waals surface area contributed by atoms with Crippen LogP contribution in [0.2, 0.25) is 0 Å². The Morgan fingerprint density at radius 3 is 1.37 bits per heavy atom. The van der Waals surface area contributed by atoms with Crippen molar-refractivity contribution in [3.8, 4) is 23.0 Å². The zero-order valence-electron chi connectivity index (χ0n) is 24.7. The monoisotopic (exact) mass is 626 g/mol. The van der Waals surface area contributed by atoms with Gasteiger partial charge in [0.1, 0.15) is 23.0 Å². The normalized spacial score (nSPS) is 12.0. The zero-order valence-corrected chi connectivity index (χ0v) is 27.7. The molecule has 6 nitrogen and oxygen atoms in total.